The van der Waals surface area contributed by atoms with Gasteiger partial charge in [0.25, 0.3) is 5.91 Å². The van der Waals surface area contributed by atoms with E-state index in [4.69, 9.17) is 5.73 Å². The zero-order valence-electron chi connectivity index (χ0n) is 12.4. The number of primary amides is 1. The number of alkyl halides is 2. The van der Waals surface area contributed by atoms with Crippen molar-refractivity contribution in [3.05, 3.63) is 66.4 Å². The van der Waals surface area contributed by atoms with Crippen molar-refractivity contribution in [1.29, 1.82) is 0 Å². The lowest BCUT2D eigenvalue weighted by molar-refractivity contribution is -0.0498. The van der Waals surface area contributed by atoms with E-state index in [9.17, 15) is 13.6 Å². The van der Waals surface area contributed by atoms with Crippen molar-refractivity contribution in [1.82, 2.24) is 9.78 Å². The van der Waals surface area contributed by atoms with Crippen molar-refractivity contribution in [3.8, 4) is 22.7 Å². The van der Waals surface area contributed by atoms with Gasteiger partial charge >= 0.3 is 6.61 Å². The van der Waals surface area contributed by atoms with Crippen LogP contribution in [0.1, 0.15) is 10.4 Å². The fourth-order valence-corrected chi connectivity index (χ4v) is 2.27. The summed E-state index contributed by atoms with van der Waals surface area (Å²) in [5.41, 5.74) is 7.37. The molecule has 0 spiro atoms. The first-order chi connectivity index (χ1) is 11.5. The Morgan fingerprint density at radius 1 is 1.08 bits per heavy atom. The van der Waals surface area contributed by atoms with E-state index in [2.05, 4.69) is 9.84 Å². The van der Waals surface area contributed by atoms with Crippen LogP contribution >= 0.6 is 0 Å². The molecule has 0 saturated carbocycles. The summed E-state index contributed by atoms with van der Waals surface area (Å²) >= 11 is 0. The maximum absolute atomic E-state index is 12.2. The minimum atomic E-state index is -2.89. The summed E-state index contributed by atoms with van der Waals surface area (Å²) in [6.07, 6.45) is 1.54. The van der Waals surface area contributed by atoms with E-state index < -0.39 is 12.5 Å². The lowest BCUT2D eigenvalue weighted by Crippen LogP contribution is -2.11. The van der Waals surface area contributed by atoms with Gasteiger partial charge < -0.3 is 10.5 Å². The summed E-state index contributed by atoms with van der Waals surface area (Å²) in [5, 5.41) is 4.39. The van der Waals surface area contributed by atoms with Crippen LogP contribution in [0.25, 0.3) is 16.9 Å². The number of hydrogen-bond acceptors (Lipinski definition) is 3. The maximum Gasteiger partial charge on any atom is 0.387 e. The van der Waals surface area contributed by atoms with Crippen LogP contribution in [0.2, 0.25) is 0 Å². The van der Waals surface area contributed by atoms with E-state index >= 15 is 0 Å². The molecule has 0 unspecified atom stereocenters. The van der Waals surface area contributed by atoms with Crippen LogP contribution in [-0.2, 0) is 0 Å². The second-order valence-electron chi connectivity index (χ2n) is 4.94. The van der Waals surface area contributed by atoms with Crippen molar-refractivity contribution in [2.45, 2.75) is 6.61 Å². The van der Waals surface area contributed by atoms with Crippen LogP contribution in [0, 0.1) is 0 Å². The SMILES string of the molecule is NC(=O)c1cn(-c2ccccc2)nc1-c1ccc(OC(F)F)cc1. The van der Waals surface area contributed by atoms with Gasteiger partial charge in [-0.2, -0.15) is 13.9 Å². The van der Waals surface area contributed by atoms with Crippen molar-refractivity contribution in [3.63, 3.8) is 0 Å². The molecule has 7 heteroatoms. The standard InChI is InChI=1S/C17H13F2N3O2/c18-17(19)24-13-8-6-11(7-9-13)15-14(16(20)23)10-22(21-15)12-4-2-1-3-5-12/h1-10,17H,(H2,20,23). The van der Waals surface area contributed by atoms with Crippen LogP contribution in [-0.4, -0.2) is 22.3 Å². The minimum absolute atomic E-state index is 0.0249. The average Bonchev–Trinajstić information content (AvgIpc) is 3.01. The van der Waals surface area contributed by atoms with Gasteiger partial charge in [0.1, 0.15) is 11.4 Å². The Labute approximate surface area is 136 Å². The summed E-state index contributed by atoms with van der Waals surface area (Å²) in [4.78, 5) is 11.7. The molecule has 0 fully saturated rings. The summed E-state index contributed by atoms with van der Waals surface area (Å²) in [6.45, 7) is -2.89. The highest BCUT2D eigenvalue weighted by molar-refractivity contribution is 5.98. The first-order valence-electron chi connectivity index (χ1n) is 7.05. The normalized spacial score (nSPS) is 10.8. The van der Waals surface area contributed by atoms with E-state index in [1.165, 1.54) is 18.3 Å². The van der Waals surface area contributed by atoms with E-state index in [0.29, 0.717) is 11.3 Å². The lowest BCUT2D eigenvalue weighted by Gasteiger charge is -2.05. The number of amides is 1. The van der Waals surface area contributed by atoms with Gasteiger partial charge in [0, 0.05) is 11.8 Å². The predicted molar refractivity (Wildman–Crippen MR) is 84.1 cm³/mol. The smallest absolute Gasteiger partial charge is 0.387 e. The zero-order chi connectivity index (χ0) is 17.1. The monoisotopic (exact) mass is 329 g/mol. The number of hydrogen-bond donors (Lipinski definition) is 1. The molecule has 0 bridgehead atoms. The second-order valence-corrected chi connectivity index (χ2v) is 4.94. The van der Waals surface area contributed by atoms with Gasteiger partial charge in [-0.1, -0.05) is 18.2 Å². The molecule has 0 aliphatic carbocycles. The highest BCUT2D eigenvalue weighted by Crippen LogP contribution is 2.26. The van der Waals surface area contributed by atoms with Crippen LogP contribution in [0.3, 0.4) is 0 Å². The Morgan fingerprint density at radius 2 is 1.75 bits per heavy atom. The topological polar surface area (TPSA) is 70.1 Å². The third-order valence-corrected chi connectivity index (χ3v) is 3.35. The van der Waals surface area contributed by atoms with Gasteiger partial charge in [-0.25, -0.2) is 4.68 Å². The molecular formula is C17H13F2N3O2. The zero-order valence-corrected chi connectivity index (χ0v) is 12.4. The fourth-order valence-electron chi connectivity index (χ4n) is 2.27. The molecule has 2 aromatic carbocycles. The largest absolute Gasteiger partial charge is 0.435 e. The number of ether oxygens (including phenoxy) is 1. The number of nitrogens with two attached hydrogens (primary N) is 1. The molecule has 3 rings (SSSR count). The van der Waals surface area contributed by atoms with Gasteiger partial charge in [0.15, 0.2) is 0 Å². The molecule has 0 atom stereocenters. The number of halogens is 2. The van der Waals surface area contributed by atoms with Crippen molar-refractivity contribution >= 4 is 5.91 Å². The number of rotatable bonds is 5. The summed E-state index contributed by atoms with van der Waals surface area (Å²) in [6, 6.07) is 15.1. The molecule has 1 heterocycles. The molecule has 1 aromatic heterocycles. The van der Waals surface area contributed by atoms with Crippen molar-refractivity contribution in [2.24, 2.45) is 5.73 Å². The van der Waals surface area contributed by atoms with Crippen LogP contribution < -0.4 is 10.5 Å². The maximum atomic E-state index is 12.2. The highest BCUT2D eigenvalue weighted by Gasteiger charge is 2.16. The van der Waals surface area contributed by atoms with E-state index in [1.54, 1.807) is 16.8 Å². The molecule has 3 aromatic rings. The van der Waals surface area contributed by atoms with Gasteiger partial charge in [0.2, 0.25) is 0 Å². The third kappa shape index (κ3) is 3.24. The molecular weight excluding hydrogens is 316 g/mol. The summed E-state index contributed by atoms with van der Waals surface area (Å²) < 4.78 is 30.3. The molecule has 5 nitrogen and oxygen atoms in total. The van der Waals surface area contributed by atoms with Gasteiger partial charge in [-0.05, 0) is 36.4 Å². The lowest BCUT2D eigenvalue weighted by atomic mass is 10.1. The fraction of sp³-hybridized carbons (Fsp3) is 0.0588. The molecule has 2 N–H and O–H groups in total. The quantitative estimate of drug-likeness (QED) is 0.781. The molecule has 0 aliphatic rings. The highest BCUT2D eigenvalue weighted by atomic mass is 19.3. The molecule has 0 aliphatic heterocycles. The third-order valence-electron chi connectivity index (χ3n) is 3.35. The molecule has 122 valence electrons. The first-order valence-corrected chi connectivity index (χ1v) is 7.05. The van der Waals surface area contributed by atoms with Crippen molar-refractivity contribution in [2.75, 3.05) is 0 Å². The second kappa shape index (κ2) is 6.49. The van der Waals surface area contributed by atoms with Gasteiger partial charge in [0.05, 0.1) is 11.3 Å². The van der Waals surface area contributed by atoms with Crippen molar-refractivity contribution < 1.29 is 18.3 Å². The number of para-hydroxylation sites is 1. The Balaban J connectivity index is 2.00. The predicted octanol–water partition coefficient (Wildman–Crippen LogP) is 3.24. The van der Waals surface area contributed by atoms with Gasteiger partial charge in [-0.3, -0.25) is 4.79 Å². The van der Waals surface area contributed by atoms with Gasteiger partial charge in [-0.15, -0.1) is 0 Å². The minimum Gasteiger partial charge on any atom is -0.435 e. The number of benzene rings is 2. The number of nitrogens with zero attached hydrogens (tertiary/aromatic N) is 2. The van der Waals surface area contributed by atoms with Crippen LogP contribution in [0.4, 0.5) is 8.78 Å². The van der Waals surface area contributed by atoms with E-state index in [1.807, 2.05) is 30.3 Å². The Kier molecular flexibility index (Phi) is 4.24. The summed E-state index contributed by atoms with van der Waals surface area (Å²) in [7, 11) is 0. The van der Waals surface area contributed by atoms with Crippen LogP contribution in [0.5, 0.6) is 5.75 Å². The number of carbonyl (C=O) groups is 1. The first kappa shape index (κ1) is 15.7. The summed E-state index contributed by atoms with van der Waals surface area (Å²) in [5.74, 6) is -0.600. The van der Waals surface area contributed by atoms with Crippen LogP contribution in [0.15, 0.2) is 60.8 Å². The average molecular weight is 329 g/mol. The molecule has 0 saturated heterocycles. The molecule has 1 amide bonds. The molecule has 24 heavy (non-hydrogen) atoms. The Morgan fingerprint density at radius 3 is 2.33 bits per heavy atom. The Bertz CT molecular complexity index is 846. The number of carbonyl (C=O) groups excluding carboxylic acids is 1. The molecule has 0 radical (unpaired) electrons. The van der Waals surface area contributed by atoms with E-state index in [-0.39, 0.29) is 11.3 Å². The van der Waals surface area contributed by atoms with E-state index in [0.717, 1.165) is 5.69 Å². The Hall–Kier alpha value is -3.22. The number of aromatic nitrogens is 2.